The average molecular weight is 804 g/mol. The molecule has 6 N–H and O–H groups in total. The maximum atomic E-state index is 14.2. The quantitative estimate of drug-likeness (QED) is 0.167. The van der Waals surface area contributed by atoms with Crippen LogP contribution in [0.2, 0.25) is 0 Å². The molecule has 2 aromatic carbocycles. The molecule has 1 heterocycles. The second kappa shape index (κ2) is 23.0. The van der Waals surface area contributed by atoms with E-state index >= 15 is 0 Å². The summed E-state index contributed by atoms with van der Waals surface area (Å²) in [6.07, 6.45) is 9.65. The summed E-state index contributed by atoms with van der Waals surface area (Å²) in [6, 6.07) is 12.5. The number of fused-ring (bicyclic) bond motifs is 2. The van der Waals surface area contributed by atoms with Crippen LogP contribution in [0, 0.1) is 5.92 Å². The van der Waals surface area contributed by atoms with Crippen LogP contribution in [-0.2, 0) is 46.3 Å². The smallest absolute Gasteiger partial charge is 0.333 e. The summed E-state index contributed by atoms with van der Waals surface area (Å²) in [5, 5.41) is 25.1. The molecule has 1 aliphatic carbocycles. The van der Waals surface area contributed by atoms with E-state index in [0.717, 1.165) is 81.8 Å². The molecule has 5 atom stereocenters. The van der Waals surface area contributed by atoms with Crippen molar-refractivity contribution < 1.29 is 38.6 Å². The first-order chi connectivity index (χ1) is 27.7. The number of nitrogens with one attached hydrogen (secondary N) is 5. The molecule has 318 valence electrons. The lowest BCUT2D eigenvalue weighted by atomic mass is 9.83. The summed E-state index contributed by atoms with van der Waals surface area (Å²) in [7, 11) is 0. The van der Waals surface area contributed by atoms with Crippen LogP contribution in [-0.4, -0.2) is 77.0 Å². The molecule has 1 aliphatic heterocycles. The number of esters is 1. The Morgan fingerprint density at radius 1 is 0.828 bits per heavy atom. The molecule has 2 unspecified atom stereocenters. The van der Waals surface area contributed by atoms with Crippen molar-refractivity contribution in [3.05, 3.63) is 71.3 Å². The van der Waals surface area contributed by atoms with Crippen LogP contribution in [0.3, 0.4) is 0 Å². The number of ether oxygens (including phenoxy) is 1. The van der Waals surface area contributed by atoms with Gasteiger partial charge in [-0.1, -0.05) is 106 Å². The van der Waals surface area contributed by atoms with Crippen LogP contribution < -0.4 is 26.6 Å². The molecular weight excluding hydrogens is 739 g/mol. The molecule has 58 heavy (non-hydrogen) atoms. The first kappa shape index (κ1) is 45.9. The number of rotatable bonds is 12. The van der Waals surface area contributed by atoms with Gasteiger partial charge in [-0.15, -0.1) is 0 Å². The third-order valence-corrected chi connectivity index (χ3v) is 10.7. The van der Waals surface area contributed by atoms with E-state index < -0.39 is 72.0 Å². The Hall–Kier alpha value is -4.78. The van der Waals surface area contributed by atoms with Gasteiger partial charge in [0.15, 0.2) is 12.1 Å². The van der Waals surface area contributed by atoms with Crippen LogP contribution in [0.25, 0.3) is 0 Å². The van der Waals surface area contributed by atoms with Crippen LogP contribution in [0.5, 0.6) is 0 Å². The minimum atomic E-state index is -1.74. The SMILES string of the molecule is CCCC(NC(=O)[C@@H]1Cc2cccc(c2)CCCCCCCC(=O)N[C@@H](C2CCCCC2)C(=O)N1)C(O)C(=O)NCC(=O)N[C@H](C(=O)OC(C)(C)C)c1ccccc1. The van der Waals surface area contributed by atoms with Crippen LogP contribution >= 0.6 is 0 Å². The summed E-state index contributed by atoms with van der Waals surface area (Å²) in [5.41, 5.74) is 1.66. The summed E-state index contributed by atoms with van der Waals surface area (Å²) in [4.78, 5) is 80.9. The predicted molar refractivity (Wildman–Crippen MR) is 221 cm³/mol. The van der Waals surface area contributed by atoms with Crippen molar-refractivity contribution in [2.24, 2.45) is 5.92 Å². The summed E-state index contributed by atoms with van der Waals surface area (Å²) < 4.78 is 5.52. The Kier molecular flexibility index (Phi) is 18.2. The summed E-state index contributed by atoms with van der Waals surface area (Å²) in [5.74, 6) is -3.51. The van der Waals surface area contributed by atoms with Crippen LogP contribution in [0.15, 0.2) is 54.6 Å². The van der Waals surface area contributed by atoms with Crippen molar-refractivity contribution in [1.82, 2.24) is 26.6 Å². The van der Waals surface area contributed by atoms with Gasteiger partial charge in [-0.25, -0.2) is 4.79 Å². The van der Waals surface area contributed by atoms with E-state index in [1.54, 1.807) is 51.1 Å². The Bertz CT molecular complexity index is 1670. The van der Waals surface area contributed by atoms with Crippen molar-refractivity contribution in [3.8, 4) is 0 Å². The topological polar surface area (TPSA) is 192 Å². The van der Waals surface area contributed by atoms with E-state index in [9.17, 15) is 33.9 Å². The van der Waals surface area contributed by atoms with E-state index in [1.165, 1.54) is 0 Å². The van der Waals surface area contributed by atoms with Crippen LogP contribution in [0.1, 0.15) is 134 Å². The first-order valence-corrected chi connectivity index (χ1v) is 21.2. The highest BCUT2D eigenvalue weighted by Gasteiger charge is 2.36. The largest absolute Gasteiger partial charge is 0.458 e. The summed E-state index contributed by atoms with van der Waals surface area (Å²) in [6.45, 7) is 6.44. The lowest BCUT2D eigenvalue weighted by molar-refractivity contribution is -0.158. The third-order valence-electron chi connectivity index (χ3n) is 10.7. The number of amides is 5. The molecule has 4 rings (SSSR count). The van der Waals surface area contributed by atoms with E-state index in [4.69, 9.17) is 4.74 Å². The predicted octanol–water partition coefficient (Wildman–Crippen LogP) is 4.64. The van der Waals surface area contributed by atoms with Gasteiger partial charge in [-0.2, -0.15) is 0 Å². The molecule has 13 nitrogen and oxygen atoms in total. The molecule has 2 bridgehead atoms. The van der Waals surface area contributed by atoms with E-state index in [2.05, 4.69) is 32.7 Å². The number of aliphatic hydroxyl groups excluding tert-OH is 1. The van der Waals surface area contributed by atoms with Gasteiger partial charge in [-0.05, 0) is 81.9 Å². The summed E-state index contributed by atoms with van der Waals surface area (Å²) >= 11 is 0. The van der Waals surface area contributed by atoms with Gasteiger partial charge in [0.25, 0.3) is 5.91 Å². The molecule has 2 aromatic rings. The molecule has 1 fully saturated rings. The molecule has 5 amide bonds. The molecule has 1 saturated carbocycles. The zero-order valence-electron chi connectivity index (χ0n) is 34.8. The van der Waals surface area contributed by atoms with Gasteiger partial charge in [-0.3, -0.25) is 24.0 Å². The Morgan fingerprint density at radius 2 is 1.48 bits per heavy atom. The van der Waals surface area contributed by atoms with Gasteiger partial charge >= 0.3 is 5.97 Å². The van der Waals surface area contributed by atoms with Crippen molar-refractivity contribution in [2.45, 2.75) is 160 Å². The van der Waals surface area contributed by atoms with Gasteiger partial charge in [0, 0.05) is 12.8 Å². The van der Waals surface area contributed by atoms with Crippen molar-refractivity contribution >= 4 is 35.5 Å². The highest BCUT2D eigenvalue weighted by atomic mass is 16.6. The Balaban J connectivity index is 1.49. The van der Waals surface area contributed by atoms with E-state index in [-0.39, 0.29) is 24.7 Å². The van der Waals surface area contributed by atoms with Crippen LogP contribution in [0.4, 0.5) is 0 Å². The molecule has 0 spiro atoms. The fraction of sp³-hybridized carbons (Fsp3) is 0.600. The normalized spacial score (nSPS) is 20.5. The minimum Gasteiger partial charge on any atom is -0.458 e. The van der Waals surface area contributed by atoms with Gasteiger partial charge in [0.05, 0.1) is 12.6 Å². The number of aliphatic hydroxyl groups is 1. The number of aryl methyl sites for hydroxylation is 1. The molecule has 0 aromatic heterocycles. The fourth-order valence-electron chi connectivity index (χ4n) is 7.73. The molecule has 0 saturated heterocycles. The van der Waals surface area contributed by atoms with E-state index in [1.807, 2.05) is 25.1 Å². The Labute approximate surface area is 343 Å². The van der Waals surface area contributed by atoms with Gasteiger partial charge in [0.2, 0.25) is 23.6 Å². The maximum absolute atomic E-state index is 14.2. The molecule has 2 aliphatic rings. The van der Waals surface area contributed by atoms with Crippen molar-refractivity contribution in [1.29, 1.82) is 0 Å². The number of carbonyl (C=O) groups excluding carboxylic acids is 6. The van der Waals surface area contributed by atoms with Gasteiger partial charge < -0.3 is 36.4 Å². The second-order valence-electron chi connectivity index (χ2n) is 16.8. The minimum absolute atomic E-state index is 0.0607. The maximum Gasteiger partial charge on any atom is 0.333 e. The number of benzene rings is 2. The number of hydrogen-bond acceptors (Lipinski definition) is 8. The number of hydrogen-bond donors (Lipinski definition) is 6. The fourth-order valence-corrected chi connectivity index (χ4v) is 7.73. The zero-order valence-corrected chi connectivity index (χ0v) is 34.8. The lowest BCUT2D eigenvalue weighted by Crippen LogP contribution is -2.59. The van der Waals surface area contributed by atoms with Gasteiger partial charge in [0.1, 0.15) is 17.7 Å². The lowest BCUT2D eigenvalue weighted by Gasteiger charge is -2.32. The number of carbonyl (C=O) groups is 6. The zero-order chi connectivity index (χ0) is 42.1. The molecule has 13 heteroatoms. The second-order valence-corrected chi connectivity index (χ2v) is 16.8. The van der Waals surface area contributed by atoms with E-state index in [0.29, 0.717) is 18.4 Å². The average Bonchev–Trinajstić information content (AvgIpc) is 3.19. The standard InChI is InChI=1S/C45H65N5O8/c1-5-18-34(40(53)43(56)46-29-37(52)50-39(33-24-14-10-15-25-33)44(57)58-45(2,3)4)47-41(54)35-28-31-21-17-20-30(27-31)19-11-7-6-8-16-26-36(51)49-38(42(55)48-35)32-22-12-9-13-23-32/h10,14-15,17,20-21,24-25,27,32,34-35,38-40,53H,5-9,11-13,16,18-19,22-23,26,28-29H2,1-4H3,(H,46,56)(H,47,54)(H,48,55)(H,49,51)(H,50,52)/t34?,35-,38-,39-,40?/m0/s1. The third kappa shape index (κ3) is 15.2. The molecule has 0 radical (unpaired) electrons. The Morgan fingerprint density at radius 3 is 2.17 bits per heavy atom. The van der Waals surface area contributed by atoms with Crippen molar-refractivity contribution in [2.75, 3.05) is 6.54 Å². The van der Waals surface area contributed by atoms with Crippen molar-refractivity contribution in [3.63, 3.8) is 0 Å². The highest BCUT2D eigenvalue weighted by molar-refractivity contribution is 5.93. The monoisotopic (exact) mass is 803 g/mol. The molecular formula is C45H65N5O8. The highest BCUT2D eigenvalue weighted by Crippen LogP contribution is 2.27. The first-order valence-electron chi connectivity index (χ1n) is 21.2.